The number of fused-ring (bicyclic) bond motifs is 1. The number of ether oxygens (including phenoxy) is 1. The fourth-order valence-corrected chi connectivity index (χ4v) is 6.48. The summed E-state index contributed by atoms with van der Waals surface area (Å²) in [6.07, 6.45) is 9.16. The number of amides is 2. The lowest BCUT2D eigenvalue weighted by atomic mass is 9.94. The number of hydrogen-bond donors (Lipinski definition) is 2. The molecule has 2 aliphatic heterocycles. The van der Waals surface area contributed by atoms with E-state index >= 15 is 0 Å². The third kappa shape index (κ3) is 5.51. The van der Waals surface area contributed by atoms with Gasteiger partial charge in [-0.05, 0) is 50.3 Å². The molecule has 1 unspecified atom stereocenters. The largest absolute Gasteiger partial charge is 0.478 e. The van der Waals surface area contributed by atoms with Gasteiger partial charge in [0, 0.05) is 25.0 Å². The Kier molecular flexibility index (Phi) is 7.58. The summed E-state index contributed by atoms with van der Waals surface area (Å²) in [6, 6.07) is 4.83. The topological polar surface area (TPSA) is 105 Å². The standard InChI is InChI=1S/C24H35N3O5S/c1-2-21-24(29)26-20-16-19(10-11-22(20)32-21)33(30,31)27-14-12-17(13-15-27)23(28)25-18-8-6-4-3-5-7-9-18/h10-11,16-18,21H,2-9,12-15H2,1H3,(H,25,28)(H,26,29). The number of nitrogens with one attached hydrogen (secondary N) is 2. The van der Waals surface area contributed by atoms with Gasteiger partial charge in [-0.3, -0.25) is 9.59 Å². The summed E-state index contributed by atoms with van der Waals surface area (Å²) < 4.78 is 33.5. The van der Waals surface area contributed by atoms with Crippen LogP contribution in [0.15, 0.2) is 23.1 Å². The number of sulfonamides is 1. The Morgan fingerprint density at radius 1 is 1.09 bits per heavy atom. The van der Waals surface area contributed by atoms with Crippen LogP contribution in [0.25, 0.3) is 0 Å². The molecule has 4 rings (SSSR count). The Labute approximate surface area is 196 Å². The molecule has 1 aromatic carbocycles. The third-order valence-corrected chi connectivity index (χ3v) is 8.95. The van der Waals surface area contributed by atoms with Crippen LogP contribution in [-0.2, 0) is 19.6 Å². The fourth-order valence-electron chi connectivity index (χ4n) is 4.99. The molecule has 1 saturated carbocycles. The molecule has 2 heterocycles. The molecule has 2 N–H and O–H groups in total. The van der Waals surface area contributed by atoms with Gasteiger partial charge < -0.3 is 15.4 Å². The summed E-state index contributed by atoms with van der Waals surface area (Å²) in [5.74, 6) is 0.126. The monoisotopic (exact) mass is 477 g/mol. The highest BCUT2D eigenvalue weighted by Crippen LogP contribution is 2.34. The van der Waals surface area contributed by atoms with Crippen LogP contribution < -0.4 is 15.4 Å². The maximum Gasteiger partial charge on any atom is 0.265 e. The van der Waals surface area contributed by atoms with E-state index in [4.69, 9.17) is 4.74 Å². The molecule has 1 saturated heterocycles. The van der Waals surface area contributed by atoms with Crippen molar-refractivity contribution < 1.29 is 22.7 Å². The van der Waals surface area contributed by atoms with Gasteiger partial charge >= 0.3 is 0 Å². The molecule has 1 aliphatic carbocycles. The Bertz CT molecular complexity index is 964. The van der Waals surface area contributed by atoms with E-state index in [9.17, 15) is 18.0 Å². The molecule has 182 valence electrons. The molecule has 0 aromatic heterocycles. The average molecular weight is 478 g/mol. The highest BCUT2D eigenvalue weighted by Gasteiger charge is 2.34. The van der Waals surface area contributed by atoms with Gasteiger partial charge in [0.15, 0.2) is 6.10 Å². The molecule has 0 radical (unpaired) electrons. The first-order chi connectivity index (χ1) is 15.9. The molecule has 2 amide bonds. The lowest BCUT2D eigenvalue weighted by molar-refractivity contribution is -0.127. The van der Waals surface area contributed by atoms with Crippen molar-refractivity contribution in [1.82, 2.24) is 9.62 Å². The number of carbonyl (C=O) groups excluding carboxylic acids is 2. The zero-order valence-electron chi connectivity index (χ0n) is 19.3. The van der Waals surface area contributed by atoms with Gasteiger partial charge in [-0.1, -0.05) is 39.0 Å². The van der Waals surface area contributed by atoms with E-state index in [1.807, 2.05) is 6.92 Å². The molecule has 1 atom stereocenters. The van der Waals surface area contributed by atoms with E-state index in [2.05, 4.69) is 10.6 Å². The SMILES string of the molecule is CCC1Oc2ccc(S(=O)(=O)N3CCC(C(=O)NC4CCCCCCC4)CC3)cc2NC1=O. The first-order valence-electron chi connectivity index (χ1n) is 12.3. The van der Waals surface area contributed by atoms with Crippen LogP contribution in [0.4, 0.5) is 5.69 Å². The van der Waals surface area contributed by atoms with Crippen LogP contribution in [0.2, 0.25) is 0 Å². The predicted octanol–water partition coefficient (Wildman–Crippen LogP) is 3.43. The minimum Gasteiger partial charge on any atom is -0.478 e. The summed E-state index contributed by atoms with van der Waals surface area (Å²) in [7, 11) is -3.72. The summed E-state index contributed by atoms with van der Waals surface area (Å²) in [5.41, 5.74) is 0.374. The number of carbonyl (C=O) groups is 2. The van der Waals surface area contributed by atoms with Gasteiger partial charge in [0.25, 0.3) is 5.91 Å². The Balaban J connectivity index is 1.35. The summed E-state index contributed by atoms with van der Waals surface area (Å²) in [4.78, 5) is 25.0. The van der Waals surface area contributed by atoms with Crippen molar-refractivity contribution in [3.8, 4) is 5.75 Å². The van der Waals surface area contributed by atoms with Crippen LogP contribution in [-0.4, -0.2) is 49.8 Å². The second-order valence-electron chi connectivity index (χ2n) is 9.39. The zero-order chi connectivity index (χ0) is 23.4. The minimum absolute atomic E-state index is 0.0664. The van der Waals surface area contributed by atoms with Gasteiger partial charge in [0.2, 0.25) is 15.9 Å². The molecule has 9 heteroatoms. The van der Waals surface area contributed by atoms with Crippen molar-refractivity contribution in [3.05, 3.63) is 18.2 Å². The first-order valence-corrected chi connectivity index (χ1v) is 13.7. The minimum atomic E-state index is -3.72. The molecule has 1 aromatic rings. The molecule has 8 nitrogen and oxygen atoms in total. The lowest BCUT2D eigenvalue weighted by Gasteiger charge is -2.32. The molecule has 2 fully saturated rings. The van der Waals surface area contributed by atoms with Crippen molar-refractivity contribution in [1.29, 1.82) is 0 Å². The highest BCUT2D eigenvalue weighted by atomic mass is 32.2. The highest BCUT2D eigenvalue weighted by molar-refractivity contribution is 7.89. The molecular formula is C24H35N3O5S. The van der Waals surface area contributed by atoms with E-state index < -0.39 is 16.1 Å². The predicted molar refractivity (Wildman–Crippen MR) is 126 cm³/mol. The van der Waals surface area contributed by atoms with Crippen LogP contribution >= 0.6 is 0 Å². The molecule has 33 heavy (non-hydrogen) atoms. The molecule has 0 bridgehead atoms. The number of piperidine rings is 1. The second-order valence-corrected chi connectivity index (χ2v) is 11.3. The van der Waals surface area contributed by atoms with Crippen LogP contribution in [0, 0.1) is 5.92 Å². The van der Waals surface area contributed by atoms with E-state index in [1.54, 1.807) is 6.07 Å². The maximum absolute atomic E-state index is 13.2. The molecular weight excluding hydrogens is 442 g/mol. The van der Waals surface area contributed by atoms with Crippen molar-refractivity contribution in [2.45, 2.75) is 88.2 Å². The summed E-state index contributed by atoms with van der Waals surface area (Å²) in [6.45, 7) is 2.47. The zero-order valence-corrected chi connectivity index (χ0v) is 20.2. The van der Waals surface area contributed by atoms with E-state index in [1.165, 1.54) is 35.7 Å². The summed E-state index contributed by atoms with van der Waals surface area (Å²) >= 11 is 0. The van der Waals surface area contributed by atoms with Crippen molar-refractivity contribution in [3.63, 3.8) is 0 Å². The molecule has 0 spiro atoms. The quantitative estimate of drug-likeness (QED) is 0.676. The first kappa shape index (κ1) is 24.0. The fraction of sp³-hybridized carbons (Fsp3) is 0.667. The van der Waals surface area contributed by atoms with E-state index in [0.29, 0.717) is 43.8 Å². The number of anilines is 1. The van der Waals surface area contributed by atoms with Crippen LogP contribution in [0.1, 0.15) is 71.1 Å². The Hall–Kier alpha value is -2.13. The van der Waals surface area contributed by atoms with Crippen LogP contribution in [0.3, 0.4) is 0 Å². The van der Waals surface area contributed by atoms with Crippen molar-refractivity contribution >= 4 is 27.5 Å². The number of nitrogens with zero attached hydrogens (tertiary/aromatic N) is 1. The normalized spacial score (nSPS) is 23.5. The van der Waals surface area contributed by atoms with Gasteiger partial charge in [-0.25, -0.2) is 8.42 Å². The van der Waals surface area contributed by atoms with E-state index in [-0.39, 0.29) is 28.7 Å². The van der Waals surface area contributed by atoms with Gasteiger partial charge in [-0.15, -0.1) is 0 Å². The van der Waals surface area contributed by atoms with Gasteiger partial charge in [0.1, 0.15) is 5.75 Å². The number of hydrogen-bond acceptors (Lipinski definition) is 5. The average Bonchev–Trinajstić information content (AvgIpc) is 2.79. The molecule has 3 aliphatic rings. The van der Waals surface area contributed by atoms with Gasteiger partial charge in [0.05, 0.1) is 10.6 Å². The lowest BCUT2D eigenvalue weighted by Crippen LogP contribution is -2.45. The summed E-state index contributed by atoms with van der Waals surface area (Å²) in [5, 5.41) is 5.97. The van der Waals surface area contributed by atoms with Gasteiger partial charge in [-0.2, -0.15) is 4.31 Å². The van der Waals surface area contributed by atoms with E-state index in [0.717, 1.165) is 25.7 Å². The van der Waals surface area contributed by atoms with Crippen molar-refractivity contribution in [2.75, 3.05) is 18.4 Å². The third-order valence-electron chi connectivity index (χ3n) is 7.06. The Morgan fingerprint density at radius 3 is 2.42 bits per heavy atom. The smallest absolute Gasteiger partial charge is 0.265 e. The Morgan fingerprint density at radius 2 is 1.76 bits per heavy atom. The maximum atomic E-state index is 13.2. The number of rotatable bonds is 5. The van der Waals surface area contributed by atoms with Crippen molar-refractivity contribution in [2.24, 2.45) is 5.92 Å². The van der Waals surface area contributed by atoms with Crippen LogP contribution in [0.5, 0.6) is 5.75 Å². The number of benzene rings is 1. The second kappa shape index (κ2) is 10.4.